The Labute approximate surface area is 181 Å². The van der Waals surface area contributed by atoms with Gasteiger partial charge in [0.05, 0.1) is 11.5 Å². The number of H-pyrrole nitrogens is 1. The quantitative estimate of drug-likeness (QED) is 0.547. The molecular weight excluding hydrogens is 416 g/mol. The second-order valence-electron chi connectivity index (χ2n) is 7.63. The standard InChI is InChI=1S/C22H26N4O4S/c1-30-14-11-25-31(28,29)18-6-4-17(5-7-18)22(27)26-12-8-16(9-13-26)20-15-24-21-19(20)3-2-10-23-21/h2-7,10,15-16,25H,8-9,11-14H2,1H3,(H,23,24). The van der Waals surface area contributed by atoms with Crippen molar-refractivity contribution in [3.8, 4) is 0 Å². The second-order valence-corrected chi connectivity index (χ2v) is 9.39. The van der Waals surface area contributed by atoms with Gasteiger partial charge in [-0.05, 0) is 60.7 Å². The highest BCUT2D eigenvalue weighted by Crippen LogP contribution is 2.33. The van der Waals surface area contributed by atoms with Crippen molar-refractivity contribution in [1.29, 1.82) is 0 Å². The van der Waals surface area contributed by atoms with E-state index in [2.05, 4.69) is 20.8 Å². The lowest BCUT2D eigenvalue weighted by molar-refractivity contribution is 0.0713. The van der Waals surface area contributed by atoms with Gasteiger partial charge < -0.3 is 14.6 Å². The fourth-order valence-electron chi connectivity index (χ4n) is 4.03. The highest BCUT2D eigenvalue weighted by atomic mass is 32.2. The molecule has 9 heteroatoms. The molecule has 2 N–H and O–H groups in total. The number of hydrogen-bond donors (Lipinski definition) is 2. The zero-order valence-electron chi connectivity index (χ0n) is 17.4. The average Bonchev–Trinajstić information content (AvgIpc) is 3.23. The Morgan fingerprint density at radius 3 is 2.68 bits per heavy atom. The van der Waals surface area contributed by atoms with E-state index in [1.54, 1.807) is 18.3 Å². The number of aromatic nitrogens is 2. The monoisotopic (exact) mass is 442 g/mol. The third-order valence-electron chi connectivity index (χ3n) is 5.71. The van der Waals surface area contributed by atoms with Crippen molar-refractivity contribution >= 4 is 27.0 Å². The number of likely N-dealkylation sites (tertiary alicyclic amines) is 1. The number of benzene rings is 1. The molecule has 0 unspecified atom stereocenters. The number of rotatable bonds is 7. The number of sulfonamides is 1. The van der Waals surface area contributed by atoms with Crippen LogP contribution in [0.3, 0.4) is 0 Å². The topological polar surface area (TPSA) is 104 Å². The molecule has 4 rings (SSSR count). The van der Waals surface area contributed by atoms with E-state index in [-0.39, 0.29) is 17.3 Å². The molecule has 0 spiro atoms. The maximum atomic E-state index is 12.9. The van der Waals surface area contributed by atoms with E-state index >= 15 is 0 Å². The van der Waals surface area contributed by atoms with Gasteiger partial charge in [-0.3, -0.25) is 4.79 Å². The third-order valence-corrected chi connectivity index (χ3v) is 7.19. The molecule has 2 aromatic heterocycles. The molecule has 1 aliphatic rings. The Hall–Kier alpha value is -2.75. The van der Waals surface area contributed by atoms with Crippen molar-refractivity contribution in [2.75, 3.05) is 33.4 Å². The molecule has 0 saturated carbocycles. The predicted octanol–water partition coefficient (Wildman–Crippen LogP) is 2.51. The van der Waals surface area contributed by atoms with Crippen molar-refractivity contribution in [3.63, 3.8) is 0 Å². The Bertz CT molecular complexity index is 1150. The van der Waals surface area contributed by atoms with E-state index in [4.69, 9.17) is 4.74 Å². The number of nitrogens with one attached hydrogen (secondary N) is 2. The van der Waals surface area contributed by atoms with E-state index in [1.165, 1.54) is 24.8 Å². The van der Waals surface area contributed by atoms with Gasteiger partial charge in [0, 0.05) is 50.1 Å². The Balaban J connectivity index is 1.38. The van der Waals surface area contributed by atoms with E-state index < -0.39 is 10.0 Å². The molecule has 1 aliphatic heterocycles. The molecular formula is C22H26N4O4S. The molecule has 0 aliphatic carbocycles. The number of piperidine rings is 1. The fourth-order valence-corrected chi connectivity index (χ4v) is 5.04. The molecule has 1 amide bonds. The zero-order chi connectivity index (χ0) is 21.8. The van der Waals surface area contributed by atoms with Crippen LogP contribution in [0.5, 0.6) is 0 Å². The summed E-state index contributed by atoms with van der Waals surface area (Å²) in [6, 6.07) is 10.1. The van der Waals surface area contributed by atoms with Crippen molar-refractivity contribution in [2.45, 2.75) is 23.7 Å². The number of carbonyl (C=O) groups is 1. The predicted molar refractivity (Wildman–Crippen MR) is 117 cm³/mol. The van der Waals surface area contributed by atoms with Crippen LogP contribution in [-0.4, -0.2) is 62.5 Å². The van der Waals surface area contributed by atoms with Crippen LogP contribution in [0.4, 0.5) is 0 Å². The molecule has 0 atom stereocenters. The number of fused-ring (bicyclic) bond motifs is 1. The van der Waals surface area contributed by atoms with E-state index in [0.717, 1.165) is 23.9 Å². The largest absolute Gasteiger partial charge is 0.383 e. The number of carbonyl (C=O) groups excluding carboxylic acids is 1. The van der Waals surface area contributed by atoms with Crippen molar-refractivity contribution < 1.29 is 17.9 Å². The van der Waals surface area contributed by atoms with Gasteiger partial charge in [0.1, 0.15) is 5.65 Å². The number of pyridine rings is 1. The van der Waals surface area contributed by atoms with Gasteiger partial charge in [0.15, 0.2) is 0 Å². The molecule has 31 heavy (non-hydrogen) atoms. The molecule has 0 bridgehead atoms. The zero-order valence-corrected chi connectivity index (χ0v) is 18.2. The van der Waals surface area contributed by atoms with Crippen molar-refractivity contribution in [3.05, 3.63) is 59.9 Å². The Kier molecular flexibility index (Phi) is 6.35. The lowest BCUT2D eigenvalue weighted by Crippen LogP contribution is -2.37. The molecule has 3 heterocycles. The summed E-state index contributed by atoms with van der Waals surface area (Å²) in [5.41, 5.74) is 2.64. The van der Waals surface area contributed by atoms with Gasteiger partial charge in [0.25, 0.3) is 5.91 Å². The molecule has 1 aromatic carbocycles. The number of amides is 1. The molecule has 164 valence electrons. The fraction of sp³-hybridized carbons (Fsp3) is 0.364. The number of methoxy groups -OCH3 is 1. The first-order chi connectivity index (χ1) is 15.0. The molecule has 8 nitrogen and oxygen atoms in total. The molecule has 1 fully saturated rings. The number of nitrogens with zero attached hydrogens (tertiary/aromatic N) is 2. The number of hydrogen-bond acceptors (Lipinski definition) is 5. The molecule has 3 aromatic rings. The Morgan fingerprint density at radius 1 is 1.23 bits per heavy atom. The van der Waals surface area contributed by atoms with Crippen LogP contribution < -0.4 is 4.72 Å². The van der Waals surface area contributed by atoms with Gasteiger partial charge in [0.2, 0.25) is 10.0 Å². The van der Waals surface area contributed by atoms with Gasteiger partial charge in [-0.25, -0.2) is 18.1 Å². The summed E-state index contributed by atoms with van der Waals surface area (Å²) in [4.78, 5) is 22.5. The minimum atomic E-state index is -3.61. The summed E-state index contributed by atoms with van der Waals surface area (Å²) in [5, 5.41) is 1.14. The minimum absolute atomic E-state index is 0.0738. The Morgan fingerprint density at radius 2 is 1.97 bits per heavy atom. The minimum Gasteiger partial charge on any atom is -0.383 e. The molecule has 1 saturated heterocycles. The summed E-state index contributed by atoms with van der Waals surface area (Å²) < 4.78 is 31.9. The van der Waals surface area contributed by atoms with Gasteiger partial charge in [-0.2, -0.15) is 0 Å². The first-order valence-corrected chi connectivity index (χ1v) is 11.8. The third kappa shape index (κ3) is 4.63. The summed E-state index contributed by atoms with van der Waals surface area (Å²) in [5.74, 6) is 0.308. The van der Waals surface area contributed by atoms with Crippen LogP contribution in [-0.2, 0) is 14.8 Å². The van der Waals surface area contributed by atoms with E-state index in [9.17, 15) is 13.2 Å². The van der Waals surface area contributed by atoms with Gasteiger partial charge in [-0.1, -0.05) is 0 Å². The lowest BCUT2D eigenvalue weighted by Gasteiger charge is -2.32. The summed E-state index contributed by atoms with van der Waals surface area (Å²) >= 11 is 0. The second kappa shape index (κ2) is 9.17. The maximum Gasteiger partial charge on any atom is 0.253 e. The van der Waals surface area contributed by atoms with Gasteiger partial charge >= 0.3 is 0 Å². The van der Waals surface area contributed by atoms with E-state index in [1.807, 2.05) is 17.2 Å². The van der Waals surface area contributed by atoms with Crippen LogP contribution in [0.25, 0.3) is 11.0 Å². The maximum absolute atomic E-state index is 12.9. The summed E-state index contributed by atoms with van der Waals surface area (Å²) in [6.07, 6.45) is 5.56. The number of aromatic amines is 1. The first-order valence-electron chi connectivity index (χ1n) is 10.3. The average molecular weight is 443 g/mol. The smallest absolute Gasteiger partial charge is 0.253 e. The van der Waals surface area contributed by atoms with E-state index in [0.29, 0.717) is 31.2 Å². The highest BCUT2D eigenvalue weighted by molar-refractivity contribution is 7.89. The highest BCUT2D eigenvalue weighted by Gasteiger charge is 2.26. The van der Waals surface area contributed by atoms with Crippen LogP contribution in [0.15, 0.2) is 53.7 Å². The van der Waals surface area contributed by atoms with Crippen molar-refractivity contribution in [2.24, 2.45) is 0 Å². The van der Waals surface area contributed by atoms with Crippen LogP contribution >= 0.6 is 0 Å². The first kappa shape index (κ1) is 21.5. The molecule has 0 radical (unpaired) electrons. The SMILES string of the molecule is COCCNS(=O)(=O)c1ccc(C(=O)N2CCC(c3c[nH]c4ncccc34)CC2)cc1. The van der Waals surface area contributed by atoms with Crippen LogP contribution in [0.1, 0.15) is 34.7 Å². The van der Waals surface area contributed by atoms with Gasteiger partial charge in [-0.15, -0.1) is 0 Å². The summed E-state index contributed by atoms with van der Waals surface area (Å²) in [6.45, 7) is 1.81. The summed E-state index contributed by atoms with van der Waals surface area (Å²) in [7, 11) is -2.10. The van der Waals surface area contributed by atoms with Crippen LogP contribution in [0, 0.1) is 0 Å². The number of ether oxygens (including phenoxy) is 1. The van der Waals surface area contributed by atoms with Crippen LogP contribution in [0.2, 0.25) is 0 Å². The lowest BCUT2D eigenvalue weighted by atomic mass is 9.89. The normalized spacial score (nSPS) is 15.5. The van der Waals surface area contributed by atoms with Crippen molar-refractivity contribution in [1.82, 2.24) is 19.6 Å².